The van der Waals surface area contributed by atoms with Gasteiger partial charge >= 0.3 is 5.97 Å². The lowest BCUT2D eigenvalue weighted by molar-refractivity contribution is 0.0697. The van der Waals surface area contributed by atoms with Crippen LogP contribution in [0.1, 0.15) is 29.6 Å². The van der Waals surface area contributed by atoms with Crippen LogP contribution in [-0.4, -0.2) is 21.0 Å². The largest absolute Gasteiger partial charge is 0.478 e. The van der Waals surface area contributed by atoms with Crippen LogP contribution in [0.25, 0.3) is 0 Å². The molecule has 0 aliphatic carbocycles. The maximum Gasteiger partial charge on any atom is 0.337 e. The van der Waals surface area contributed by atoms with Gasteiger partial charge in [-0.05, 0) is 31.0 Å². The molecule has 0 amide bonds. The third-order valence-corrected chi connectivity index (χ3v) is 4.07. The van der Waals surface area contributed by atoms with Gasteiger partial charge in [-0.1, -0.05) is 11.6 Å². The summed E-state index contributed by atoms with van der Waals surface area (Å²) in [6.45, 7) is 0. The first-order chi connectivity index (χ1) is 8.56. The van der Waals surface area contributed by atoms with Crippen molar-refractivity contribution in [2.75, 3.05) is 5.75 Å². The number of hydrogen-bond donors (Lipinski definition) is 1. The molecule has 18 heavy (non-hydrogen) atoms. The van der Waals surface area contributed by atoms with Crippen molar-refractivity contribution in [1.29, 1.82) is 5.26 Å². The van der Waals surface area contributed by atoms with E-state index in [1.165, 1.54) is 12.1 Å². The Labute approximate surface area is 113 Å². The monoisotopic (exact) mass is 285 g/mol. The number of carboxylic acids is 1. The molecule has 1 aromatic rings. The molecule has 0 aliphatic rings. The van der Waals surface area contributed by atoms with Gasteiger partial charge in [0, 0.05) is 17.1 Å². The van der Waals surface area contributed by atoms with Crippen molar-refractivity contribution in [1.82, 2.24) is 0 Å². The summed E-state index contributed by atoms with van der Waals surface area (Å²) in [5.74, 6) is -0.717. The first-order valence-corrected chi connectivity index (χ1v) is 7.04. The molecule has 0 radical (unpaired) electrons. The molecular formula is C12H12ClNO3S. The number of unbranched alkanes of at least 4 members (excludes halogenated alkanes) is 2. The third-order valence-electron chi connectivity index (χ3n) is 2.30. The Bertz CT molecular complexity index is 511. The minimum absolute atomic E-state index is 0.0421. The molecule has 0 spiro atoms. The number of hydrogen-bond acceptors (Lipinski definition) is 3. The molecule has 0 aliphatic heterocycles. The zero-order valence-electron chi connectivity index (χ0n) is 9.56. The average molecular weight is 286 g/mol. The lowest BCUT2D eigenvalue weighted by Crippen LogP contribution is -2.02. The maximum atomic E-state index is 11.9. The van der Waals surface area contributed by atoms with Crippen molar-refractivity contribution >= 4 is 28.4 Å². The third kappa shape index (κ3) is 4.13. The lowest BCUT2D eigenvalue weighted by Gasteiger charge is -2.04. The van der Waals surface area contributed by atoms with Gasteiger partial charge in [-0.2, -0.15) is 5.26 Å². The Morgan fingerprint density at radius 2 is 2.17 bits per heavy atom. The fraction of sp³-hybridized carbons (Fsp3) is 0.333. The van der Waals surface area contributed by atoms with Crippen molar-refractivity contribution in [2.45, 2.75) is 24.2 Å². The molecule has 96 valence electrons. The van der Waals surface area contributed by atoms with Crippen LogP contribution in [0.2, 0.25) is 5.02 Å². The van der Waals surface area contributed by atoms with E-state index in [1.807, 2.05) is 6.07 Å². The Hall–Kier alpha value is -1.38. The average Bonchev–Trinajstić information content (AvgIpc) is 2.34. The summed E-state index contributed by atoms with van der Waals surface area (Å²) >= 11 is 5.73. The van der Waals surface area contributed by atoms with E-state index in [0.29, 0.717) is 29.9 Å². The summed E-state index contributed by atoms with van der Waals surface area (Å²) in [5.41, 5.74) is -0.0421. The number of benzene rings is 1. The topological polar surface area (TPSA) is 78.2 Å². The Morgan fingerprint density at radius 3 is 2.78 bits per heavy atom. The first kappa shape index (κ1) is 14.7. The normalized spacial score (nSPS) is 11.8. The Kier molecular flexibility index (Phi) is 5.83. The number of nitrogens with zero attached hydrogens (tertiary/aromatic N) is 1. The van der Waals surface area contributed by atoms with Crippen LogP contribution in [0.3, 0.4) is 0 Å². The highest BCUT2D eigenvalue weighted by Crippen LogP contribution is 2.20. The van der Waals surface area contributed by atoms with Crippen LogP contribution in [-0.2, 0) is 10.8 Å². The van der Waals surface area contributed by atoms with E-state index < -0.39 is 16.8 Å². The van der Waals surface area contributed by atoms with Gasteiger partial charge in [0.25, 0.3) is 0 Å². The predicted octanol–water partition coefficient (Wildman–Crippen LogP) is 2.84. The summed E-state index contributed by atoms with van der Waals surface area (Å²) in [6.07, 6.45) is 1.81. The molecule has 0 saturated carbocycles. The van der Waals surface area contributed by atoms with E-state index in [0.717, 1.165) is 0 Å². The van der Waals surface area contributed by atoms with Gasteiger partial charge in [0.05, 0.1) is 27.5 Å². The number of nitriles is 1. The summed E-state index contributed by atoms with van der Waals surface area (Å²) in [6, 6.07) is 6.36. The summed E-state index contributed by atoms with van der Waals surface area (Å²) in [4.78, 5) is 11.3. The van der Waals surface area contributed by atoms with E-state index in [-0.39, 0.29) is 10.6 Å². The lowest BCUT2D eigenvalue weighted by atomic mass is 10.2. The standard InChI is InChI=1S/C12H12ClNO3S/c13-11-5-4-9(8-10(11)12(15)16)18(17)7-3-1-2-6-14/h4-5,8H,1-3,7H2,(H,15,16). The SMILES string of the molecule is N#CCCCCS(=O)c1ccc(Cl)c(C(=O)O)c1. The highest BCUT2D eigenvalue weighted by Gasteiger charge is 2.12. The highest BCUT2D eigenvalue weighted by atomic mass is 35.5. The van der Waals surface area contributed by atoms with Crippen molar-refractivity contribution in [3.63, 3.8) is 0 Å². The number of carboxylic acid groups (broad SMARTS) is 1. The van der Waals surface area contributed by atoms with Gasteiger partial charge in [0.15, 0.2) is 0 Å². The smallest absolute Gasteiger partial charge is 0.337 e. The van der Waals surface area contributed by atoms with E-state index in [4.69, 9.17) is 22.0 Å². The van der Waals surface area contributed by atoms with Crippen LogP contribution in [0.5, 0.6) is 0 Å². The molecular weight excluding hydrogens is 274 g/mol. The van der Waals surface area contributed by atoms with Crippen LogP contribution in [0.4, 0.5) is 0 Å². The number of rotatable bonds is 6. The van der Waals surface area contributed by atoms with Crippen molar-refractivity contribution in [3.8, 4) is 6.07 Å². The molecule has 1 unspecified atom stereocenters. The molecule has 6 heteroatoms. The van der Waals surface area contributed by atoms with Crippen LogP contribution >= 0.6 is 11.6 Å². The molecule has 0 bridgehead atoms. The summed E-state index contributed by atoms with van der Waals surface area (Å²) < 4.78 is 11.9. The first-order valence-electron chi connectivity index (χ1n) is 5.34. The summed E-state index contributed by atoms with van der Waals surface area (Å²) in [7, 11) is -1.25. The molecule has 0 aromatic heterocycles. The van der Waals surface area contributed by atoms with E-state index in [9.17, 15) is 9.00 Å². The zero-order valence-corrected chi connectivity index (χ0v) is 11.1. The molecule has 1 atom stereocenters. The van der Waals surface area contributed by atoms with Gasteiger partial charge in [0.1, 0.15) is 0 Å². The Morgan fingerprint density at radius 1 is 1.44 bits per heavy atom. The van der Waals surface area contributed by atoms with Crippen molar-refractivity contribution in [2.24, 2.45) is 0 Å². The van der Waals surface area contributed by atoms with Crippen LogP contribution in [0.15, 0.2) is 23.1 Å². The van der Waals surface area contributed by atoms with E-state index >= 15 is 0 Å². The summed E-state index contributed by atoms with van der Waals surface area (Å²) in [5, 5.41) is 17.4. The quantitative estimate of drug-likeness (QED) is 0.815. The predicted molar refractivity (Wildman–Crippen MR) is 69.2 cm³/mol. The Balaban J connectivity index is 2.72. The maximum absolute atomic E-state index is 11.9. The molecule has 0 fully saturated rings. The molecule has 1 N–H and O–H groups in total. The van der Waals surface area contributed by atoms with Gasteiger partial charge < -0.3 is 5.11 Å². The van der Waals surface area contributed by atoms with Crippen molar-refractivity contribution < 1.29 is 14.1 Å². The van der Waals surface area contributed by atoms with Crippen LogP contribution < -0.4 is 0 Å². The molecule has 1 aromatic carbocycles. The second kappa shape index (κ2) is 7.14. The van der Waals surface area contributed by atoms with E-state index in [2.05, 4.69) is 0 Å². The number of aromatic carboxylic acids is 1. The van der Waals surface area contributed by atoms with Gasteiger partial charge in [-0.25, -0.2) is 4.79 Å². The fourth-order valence-corrected chi connectivity index (χ4v) is 2.73. The fourth-order valence-electron chi connectivity index (χ4n) is 1.36. The van der Waals surface area contributed by atoms with Gasteiger partial charge in [-0.3, -0.25) is 4.21 Å². The zero-order chi connectivity index (χ0) is 13.5. The highest BCUT2D eigenvalue weighted by molar-refractivity contribution is 7.85. The molecule has 0 heterocycles. The van der Waals surface area contributed by atoms with Gasteiger partial charge in [0.2, 0.25) is 0 Å². The number of carbonyl (C=O) groups is 1. The molecule has 1 rings (SSSR count). The van der Waals surface area contributed by atoms with Crippen LogP contribution in [0, 0.1) is 11.3 Å². The number of halogens is 1. The minimum Gasteiger partial charge on any atom is -0.478 e. The minimum atomic E-state index is -1.25. The second-order valence-electron chi connectivity index (χ2n) is 3.61. The second-order valence-corrected chi connectivity index (χ2v) is 5.59. The molecule has 4 nitrogen and oxygen atoms in total. The van der Waals surface area contributed by atoms with Crippen molar-refractivity contribution in [3.05, 3.63) is 28.8 Å². The van der Waals surface area contributed by atoms with Gasteiger partial charge in [-0.15, -0.1) is 0 Å². The molecule has 0 saturated heterocycles. The van der Waals surface area contributed by atoms with E-state index in [1.54, 1.807) is 6.07 Å².